The summed E-state index contributed by atoms with van der Waals surface area (Å²) in [6.07, 6.45) is 2.23. The molecule has 14 heavy (non-hydrogen) atoms. The second-order valence-electron chi connectivity index (χ2n) is 3.74. The van der Waals surface area contributed by atoms with Gasteiger partial charge < -0.3 is 5.73 Å². The van der Waals surface area contributed by atoms with Crippen LogP contribution in [0.5, 0.6) is 0 Å². The lowest BCUT2D eigenvalue weighted by atomic mass is 10.2. The van der Waals surface area contributed by atoms with Gasteiger partial charge in [-0.3, -0.25) is 0 Å². The molecule has 2 N–H and O–H groups in total. The maximum absolute atomic E-state index is 12.9. The Morgan fingerprint density at radius 2 is 2.21 bits per heavy atom. The van der Waals surface area contributed by atoms with Gasteiger partial charge in [-0.2, -0.15) is 0 Å². The van der Waals surface area contributed by atoms with E-state index in [1.807, 2.05) is 6.92 Å². The minimum atomic E-state index is -0.266. The molecule has 1 aromatic rings. The number of aryl methyl sites for hydroxylation is 1. The SMILES string of the molecule is Cc1ccc(F)cc1N=C(N)C1CC1. The van der Waals surface area contributed by atoms with Crippen LogP contribution in [0, 0.1) is 18.7 Å². The maximum atomic E-state index is 12.9. The number of rotatable bonds is 2. The summed E-state index contributed by atoms with van der Waals surface area (Å²) in [5.41, 5.74) is 7.36. The second-order valence-corrected chi connectivity index (χ2v) is 3.74. The van der Waals surface area contributed by atoms with E-state index in [4.69, 9.17) is 5.73 Å². The molecule has 0 bridgehead atoms. The van der Waals surface area contributed by atoms with Crippen LogP contribution in [0.3, 0.4) is 0 Å². The first kappa shape index (κ1) is 9.19. The normalized spacial score (nSPS) is 17.1. The fourth-order valence-electron chi connectivity index (χ4n) is 1.31. The van der Waals surface area contributed by atoms with Crippen molar-refractivity contribution in [1.82, 2.24) is 0 Å². The highest BCUT2D eigenvalue weighted by Crippen LogP contribution is 2.30. The Labute approximate surface area is 82.7 Å². The van der Waals surface area contributed by atoms with E-state index in [-0.39, 0.29) is 5.82 Å². The summed E-state index contributed by atoms with van der Waals surface area (Å²) < 4.78 is 12.9. The molecule has 1 aromatic carbocycles. The number of hydrogen-bond donors (Lipinski definition) is 1. The van der Waals surface area contributed by atoms with Gasteiger partial charge >= 0.3 is 0 Å². The summed E-state index contributed by atoms with van der Waals surface area (Å²) in [5.74, 6) is 0.800. The molecule has 0 heterocycles. The van der Waals surface area contributed by atoms with Crippen LogP contribution in [0.15, 0.2) is 23.2 Å². The molecule has 74 valence electrons. The largest absolute Gasteiger partial charge is 0.387 e. The molecule has 1 fully saturated rings. The number of nitrogens with two attached hydrogens (primary N) is 1. The van der Waals surface area contributed by atoms with E-state index in [2.05, 4.69) is 4.99 Å². The molecule has 1 aliphatic rings. The van der Waals surface area contributed by atoms with Crippen LogP contribution in [-0.4, -0.2) is 5.84 Å². The number of aliphatic imine (C=N–C) groups is 1. The van der Waals surface area contributed by atoms with E-state index in [1.54, 1.807) is 6.07 Å². The molecule has 2 nitrogen and oxygen atoms in total. The van der Waals surface area contributed by atoms with Gasteiger partial charge in [0.1, 0.15) is 11.7 Å². The Morgan fingerprint density at radius 3 is 2.86 bits per heavy atom. The Balaban J connectivity index is 2.30. The topological polar surface area (TPSA) is 38.4 Å². The van der Waals surface area contributed by atoms with E-state index in [0.717, 1.165) is 18.4 Å². The summed E-state index contributed by atoms with van der Waals surface area (Å²) in [6, 6.07) is 4.57. The number of hydrogen-bond acceptors (Lipinski definition) is 1. The van der Waals surface area contributed by atoms with Crippen LogP contribution in [-0.2, 0) is 0 Å². The standard InChI is InChI=1S/C11H13FN2/c1-7-2-5-9(12)6-10(7)14-11(13)8-3-4-8/h2,5-6,8H,3-4H2,1H3,(H2,13,14). The molecular weight excluding hydrogens is 179 g/mol. The van der Waals surface area contributed by atoms with Crippen LogP contribution in [0.4, 0.5) is 10.1 Å². The van der Waals surface area contributed by atoms with E-state index in [0.29, 0.717) is 17.4 Å². The van der Waals surface area contributed by atoms with Crippen LogP contribution in [0.25, 0.3) is 0 Å². The number of nitrogens with zero attached hydrogens (tertiary/aromatic N) is 1. The minimum Gasteiger partial charge on any atom is -0.387 e. The van der Waals surface area contributed by atoms with Gasteiger partial charge in [0, 0.05) is 5.92 Å². The third-order valence-electron chi connectivity index (χ3n) is 2.42. The van der Waals surface area contributed by atoms with Gasteiger partial charge in [0.25, 0.3) is 0 Å². The Bertz CT molecular complexity index is 381. The molecular formula is C11H13FN2. The lowest BCUT2D eigenvalue weighted by Gasteiger charge is -2.02. The summed E-state index contributed by atoms with van der Waals surface area (Å²) >= 11 is 0. The molecule has 1 aliphatic carbocycles. The third-order valence-corrected chi connectivity index (χ3v) is 2.42. The van der Waals surface area contributed by atoms with Gasteiger partial charge in [-0.1, -0.05) is 6.07 Å². The molecule has 2 rings (SSSR count). The van der Waals surface area contributed by atoms with E-state index in [9.17, 15) is 4.39 Å². The van der Waals surface area contributed by atoms with Crippen LogP contribution in [0.2, 0.25) is 0 Å². The molecule has 1 saturated carbocycles. The number of benzene rings is 1. The van der Waals surface area contributed by atoms with Gasteiger partial charge in [-0.25, -0.2) is 9.38 Å². The van der Waals surface area contributed by atoms with Gasteiger partial charge in [-0.05, 0) is 37.5 Å². The second kappa shape index (κ2) is 3.40. The molecule has 3 heteroatoms. The predicted octanol–water partition coefficient (Wildman–Crippen LogP) is 2.53. The predicted molar refractivity (Wildman–Crippen MR) is 55.1 cm³/mol. The average molecular weight is 192 g/mol. The van der Waals surface area contributed by atoms with Crippen molar-refractivity contribution in [3.05, 3.63) is 29.6 Å². The van der Waals surface area contributed by atoms with Gasteiger partial charge in [0.15, 0.2) is 0 Å². The quantitative estimate of drug-likeness (QED) is 0.567. The highest BCUT2D eigenvalue weighted by Gasteiger charge is 2.25. The molecule has 0 aliphatic heterocycles. The third kappa shape index (κ3) is 1.92. The highest BCUT2D eigenvalue weighted by molar-refractivity contribution is 5.87. The Morgan fingerprint density at radius 1 is 1.50 bits per heavy atom. The van der Waals surface area contributed by atoms with Crippen LogP contribution in [0.1, 0.15) is 18.4 Å². The number of amidine groups is 1. The monoisotopic (exact) mass is 192 g/mol. The maximum Gasteiger partial charge on any atom is 0.125 e. The van der Waals surface area contributed by atoms with E-state index in [1.165, 1.54) is 12.1 Å². The van der Waals surface area contributed by atoms with Crippen molar-refractivity contribution < 1.29 is 4.39 Å². The summed E-state index contributed by atoms with van der Waals surface area (Å²) in [5, 5.41) is 0. The molecule has 0 amide bonds. The zero-order valence-corrected chi connectivity index (χ0v) is 8.13. The van der Waals surface area contributed by atoms with Crippen molar-refractivity contribution in [1.29, 1.82) is 0 Å². The van der Waals surface area contributed by atoms with Gasteiger partial charge in [0.05, 0.1) is 5.69 Å². The van der Waals surface area contributed by atoms with Gasteiger partial charge in [0.2, 0.25) is 0 Å². The van der Waals surface area contributed by atoms with E-state index < -0.39 is 0 Å². The van der Waals surface area contributed by atoms with Crippen LogP contribution >= 0.6 is 0 Å². The van der Waals surface area contributed by atoms with Crippen molar-refractivity contribution in [2.24, 2.45) is 16.6 Å². The Hall–Kier alpha value is -1.38. The molecule has 0 unspecified atom stereocenters. The van der Waals surface area contributed by atoms with Crippen molar-refractivity contribution in [2.45, 2.75) is 19.8 Å². The summed E-state index contributed by atoms with van der Waals surface area (Å²) in [6.45, 7) is 1.90. The summed E-state index contributed by atoms with van der Waals surface area (Å²) in [4.78, 5) is 4.24. The minimum absolute atomic E-state index is 0.266. The smallest absolute Gasteiger partial charge is 0.125 e. The zero-order chi connectivity index (χ0) is 10.1. The average Bonchev–Trinajstić information content (AvgIpc) is 2.94. The Kier molecular flexibility index (Phi) is 2.23. The highest BCUT2D eigenvalue weighted by atomic mass is 19.1. The first-order valence-corrected chi connectivity index (χ1v) is 4.77. The van der Waals surface area contributed by atoms with Crippen molar-refractivity contribution >= 4 is 11.5 Å². The van der Waals surface area contributed by atoms with Gasteiger partial charge in [-0.15, -0.1) is 0 Å². The van der Waals surface area contributed by atoms with Crippen molar-refractivity contribution in [3.63, 3.8) is 0 Å². The molecule has 0 aromatic heterocycles. The first-order valence-electron chi connectivity index (χ1n) is 4.77. The molecule has 0 spiro atoms. The van der Waals surface area contributed by atoms with Crippen LogP contribution < -0.4 is 5.73 Å². The molecule has 0 radical (unpaired) electrons. The molecule has 0 atom stereocenters. The van der Waals surface area contributed by atoms with Crippen molar-refractivity contribution in [2.75, 3.05) is 0 Å². The van der Waals surface area contributed by atoms with E-state index >= 15 is 0 Å². The zero-order valence-electron chi connectivity index (χ0n) is 8.13. The number of halogens is 1. The lowest BCUT2D eigenvalue weighted by Crippen LogP contribution is -2.13. The van der Waals surface area contributed by atoms with Crippen molar-refractivity contribution in [3.8, 4) is 0 Å². The first-order chi connectivity index (χ1) is 6.66. The summed E-state index contributed by atoms with van der Waals surface area (Å²) in [7, 11) is 0. The lowest BCUT2D eigenvalue weighted by molar-refractivity contribution is 0.628. The molecule has 0 saturated heterocycles. The fourth-order valence-corrected chi connectivity index (χ4v) is 1.31. The fraction of sp³-hybridized carbons (Fsp3) is 0.364.